The summed E-state index contributed by atoms with van der Waals surface area (Å²) >= 11 is 0. The first-order valence-corrected chi connectivity index (χ1v) is 9.34. The minimum absolute atomic E-state index is 0.108. The molecule has 0 radical (unpaired) electrons. The quantitative estimate of drug-likeness (QED) is 0.724. The number of rotatable bonds is 3. The molecule has 0 N–H and O–H groups in total. The number of sulfonamides is 1. The van der Waals surface area contributed by atoms with Crippen molar-refractivity contribution in [3.63, 3.8) is 0 Å². The topological polar surface area (TPSA) is 55.2 Å². The highest BCUT2D eigenvalue weighted by Crippen LogP contribution is 2.37. The number of benzene rings is 1. The summed E-state index contributed by atoms with van der Waals surface area (Å²) in [5.74, 6) is -0.423. The van der Waals surface area contributed by atoms with E-state index in [9.17, 15) is 12.8 Å². The van der Waals surface area contributed by atoms with E-state index in [1.165, 1.54) is 28.8 Å². The van der Waals surface area contributed by atoms with E-state index in [1.807, 2.05) is 22.9 Å². The molecule has 0 saturated carbocycles. The van der Waals surface area contributed by atoms with Crippen LogP contribution in [0.25, 0.3) is 0 Å². The second-order valence-corrected chi connectivity index (χ2v) is 7.75. The first-order chi connectivity index (χ1) is 12.1. The van der Waals surface area contributed by atoms with Crippen molar-refractivity contribution in [1.29, 1.82) is 0 Å². The first-order valence-electron chi connectivity index (χ1n) is 7.90. The van der Waals surface area contributed by atoms with Crippen LogP contribution in [0.5, 0.6) is 0 Å². The van der Waals surface area contributed by atoms with Gasteiger partial charge in [-0.05, 0) is 30.3 Å². The third-order valence-corrected chi connectivity index (χ3v) is 6.28. The summed E-state index contributed by atoms with van der Waals surface area (Å²) in [5.41, 5.74) is 1.10. The fourth-order valence-corrected chi connectivity index (χ4v) is 4.80. The lowest BCUT2D eigenvalue weighted by Gasteiger charge is -2.36. The maximum atomic E-state index is 14.5. The number of aromatic nitrogens is 2. The monoisotopic (exact) mass is 357 g/mol. The number of hydrogen-bond donors (Lipinski definition) is 0. The van der Waals surface area contributed by atoms with Crippen molar-refractivity contribution in [3.8, 4) is 0 Å². The maximum absolute atomic E-state index is 14.5. The number of halogens is 1. The highest BCUT2D eigenvalue weighted by Gasteiger charge is 2.38. The molecular formula is C18H16FN3O2S. The van der Waals surface area contributed by atoms with Crippen LogP contribution >= 0.6 is 0 Å². The predicted molar refractivity (Wildman–Crippen MR) is 90.8 cm³/mol. The van der Waals surface area contributed by atoms with Gasteiger partial charge in [-0.3, -0.25) is 4.98 Å². The van der Waals surface area contributed by atoms with Gasteiger partial charge in [0.1, 0.15) is 10.7 Å². The van der Waals surface area contributed by atoms with E-state index in [0.29, 0.717) is 12.1 Å². The summed E-state index contributed by atoms with van der Waals surface area (Å²) in [6.45, 7) is 0.782. The maximum Gasteiger partial charge on any atom is 0.245 e. The van der Waals surface area contributed by atoms with E-state index < -0.39 is 21.9 Å². The zero-order valence-electron chi connectivity index (χ0n) is 13.3. The van der Waals surface area contributed by atoms with Crippen molar-refractivity contribution in [3.05, 3.63) is 84.2 Å². The molecule has 1 aliphatic rings. The molecule has 25 heavy (non-hydrogen) atoms. The lowest BCUT2D eigenvalue weighted by Crippen LogP contribution is -2.42. The molecule has 0 unspecified atom stereocenters. The molecule has 4 rings (SSSR count). The average molecular weight is 357 g/mol. The molecule has 3 heterocycles. The van der Waals surface area contributed by atoms with Gasteiger partial charge in [-0.1, -0.05) is 18.2 Å². The number of pyridine rings is 1. The lowest BCUT2D eigenvalue weighted by atomic mass is 10.0. The van der Waals surface area contributed by atoms with Crippen LogP contribution in [0.1, 0.15) is 17.3 Å². The molecule has 3 aromatic rings. The van der Waals surface area contributed by atoms with Gasteiger partial charge in [0.2, 0.25) is 10.0 Å². The Labute approximate surface area is 145 Å². The molecule has 128 valence electrons. The summed E-state index contributed by atoms with van der Waals surface area (Å²) in [7, 11) is -3.81. The van der Waals surface area contributed by atoms with Crippen molar-refractivity contribution in [2.24, 2.45) is 0 Å². The molecule has 0 bridgehead atoms. The molecule has 1 aromatic carbocycles. The van der Waals surface area contributed by atoms with Gasteiger partial charge in [-0.15, -0.1) is 0 Å². The molecular weight excluding hydrogens is 341 g/mol. The molecule has 0 fully saturated rings. The second-order valence-electron chi connectivity index (χ2n) is 5.85. The Balaban J connectivity index is 1.89. The fraction of sp³-hybridized carbons (Fsp3) is 0.167. The molecule has 0 spiro atoms. The van der Waals surface area contributed by atoms with Crippen LogP contribution in [-0.2, 0) is 16.6 Å². The van der Waals surface area contributed by atoms with E-state index in [1.54, 1.807) is 24.3 Å². The fourth-order valence-electron chi connectivity index (χ4n) is 3.27. The normalized spacial score (nSPS) is 18.0. The minimum Gasteiger partial charge on any atom is -0.348 e. The molecule has 2 aromatic heterocycles. The summed E-state index contributed by atoms with van der Waals surface area (Å²) in [4.78, 5) is 4.02. The Bertz CT molecular complexity index is 1000. The molecule has 0 saturated heterocycles. The Morgan fingerprint density at radius 2 is 1.88 bits per heavy atom. The molecule has 7 heteroatoms. The SMILES string of the molecule is O=S(=O)(c1cccnc1)N1CCn2cccc2[C@@H]1c1ccccc1F. The van der Waals surface area contributed by atoms with Crippen molar-refractivity contribution in [2.75, 3.05) is 6.54 Å². The third kappa shape index (κ3) is 2.65. The Morgan fingerprint density at radius 1 is 1.04 bits per heavy atom. The van der Waals surface area contributed by atoms with Gasteiger partial charge >= 0.3 is 0 Å². The van der Waals surface area contributed by atoms with Gasteiger partial charge in [0.05, 0.1) is 6.04 Å². The number of fused-ring (bicyclic) bond motifs is 1. The lowest BCUT2D eigenvalue weighted by molar-refractivity contribution is 0.293. The number of hydrogen-bond acceptors (Lipinski definition) is 3. The van der Waals surface area contributed by atoms with Crippen molar-refractivity contribution in [1.82, 2.24) is 13.9 Å². The smallest absolute Gasteiger partial charge is 0.245 e. The van der Waals surface area contributed by atoms with Crippen LogP contribution in [0.4, 0.5) is 4.39 Å². The van der Waals surface area contributed by atoms with Crippen molar-refractivity contribution in [2.45, 2.75) is 17.5 Å². The van der Waals surface area contributed by atoms with E-state index >= 15 is 0 Å². The molecule has 1 atom stereocenters. The van der Waals surface area contributed by atoms with Gasteiger partial charge in [-0.25, -0.2) is 12.8 Å². The largest absolute Gasteiger partial charge is 0.348 e. The summed E-state index contributed by atoms with van der Waals surface area (Å²) in [5, 5.41) is 0. The highest BCUT2D eigenvalue weighted by atomic mass is 32.2. The van der Waals surface area contributed by atoms with E-state index in [0.717, 1.165) is 5.69 Å². The van der Waals surface area contributed by atoms with E-state index in [-0.39, 0.29) is 11.4 Å². The molecule has 1 aliphatic heterocycles. The summed E-state index contributed by atoms with van der Waals surface area (Å²) < 4.78 is 44.2. The van der Waals surface area contributed by atoms with Crippen molar-refractivity contribution >= 4 is 10.0 Å². The molecule has 0 aliphatic carbocycles. The average Bonchev–Trinajstić information content (AvgIpc) is 3.11. The first kappa shape index (κ1) is 16.0. The zero-order chi connectivity index (χ0) is 17.4. The van der Waals surface area contributed by atoms with E-state index in [4.69, 9.17) is 0 Å². The van der Waals surface area contributed by atoms with Gasteiger partial charge in [0.25, 0.3) is 0 Å². The van der Waals surface area contributed by atoms with Gasteiger partial charge in [0.15, 0.2) is 0 Å². The van der Waals surface area contributed by atoms with Crippen LogP contribution in [0.2, 0.25) is 0 Å². The Hall–Kier alpha value is -2.51. The molecule has 0 amide bonds. The highest BCUT2D eigenvalue weighted by molar-refractivity contribution is 7.89. The third-order valence-electron chi connectivity index (χ3n) is 4.43. The van der Waals surface area contributed by atoms with Crippen LogP contribution in [0.3, 0.4) is 0 Å². The number of nitrogens with zero attached hydrogens (tertiary/aromatic N) is 3. The Kier molecular flexibility index (Phi) is 3.89. The van der Waals surface area contributed by atoms with Crippen molar-refractivity contribution < 1.29 is 12.8 Å². The standard InChI is InChI=1S/C18H16FN3O2S/c19-16-7-2-1-6-15(16)18-17-8-4-10-21(17)11-12-22(18)25(23,24)14-5-3-9-20-13-14/h1-10,13,18H,11-12H2/t18-/m0/s1. The van der Waals surface area contributed by atoms with Gasteiger partial charge in [-0.2, -0.15) is 4.31 Å². The Morgan fingerprint density at radius 3 is 2.64 bits per heavy atom. The zero-order valence-corrected chi connectivity index (χ0v) is 14.1. The van der Waals surface area contributed by atoms with Crippen LogP contribution < -0.4 is 0 Å². The summed E-state index contributed by atoms with van der Waals surface area (Å²) in [6, 6.07) is 12.4. The minimum atomic E-state index is -3.81. The predicted octanol–water partition coefficient (Wildman–Crippen LogP) is 2.82. The van der Waals surface area contributed by atoms with Gasteiger partial charge in [0, 0.05) is 42.9 Å². The van der Waals surface area contributed by atoms with Crippen LogP contribution in [-0.4, -0.2) is 28.8 Å². The second kappa shape index (κ2) is 6.09. The molecule has 5 nitrogen and oxygen atoms in total. The van der Waals surface area contributed by atoms with E-state index in [2.05, 4.69) is 4.98 Å². The van der Waals surface area contributed by atoms with Crippen LogP contribution in [0, 0.1) is 5.82 Å². The summed E-state index contributed by atoms with van der Waals surface area (Å²) in [6.07, 6.45) is 4.73. The van der Waals surface area contributed by atoms with Crippen LogP contribution in [0.15, 0.2) is 72.0 Å². The van der Waals surface area contributed by atoms with Gasteiger partial charge < -0.3 is 4.57 Å².